The van der Waals surface area contributed by atoms with E-state index in [0.717, 1.165) is 38.9 Å². The Morgan fingerprint density at radius 2 is 2.00 bits per heavy atom. The van der Waals surface area contributed by atoms with Gasteiger partial charge < -0.3 is 14.7 Å². The summed E-state index contributed by atoms with van der Waals surface area (Å²) in [5, 5.41) is 9.63. The van der Waals surface area contributed by atoms with Gasteiger partial charge in [0.15, 0.2) is 0 Å². The van der Waals surface area contributed by atoms with Crippen LogP contribution < -0.4 is 0 Å². The van der Waals surface area contributed by atoms with Crippen LogP contribution in [0.15, 0.2) is 0 Å². The van der Waals surface area contributed by atoms with Gasteiger partial charge in [-0.3, -0.25) is 4.79 Å². The summed E-state index contributed by atoms with van der Waals surface area (Å²) in [7, 11) is 1.45. The summed E-state index contributed by atoms with van der Waals surface area (Å²) < 4.78 is 4.74. The number of methoxy groups -OCH3 is 1. The van der Waals surface area contributed by atoms with Crippen molar-refractivity contribution in [3.63, 3.8) is 0 Å². The first-order chi connectivity index (χ1) is 7.42. The SMILES string of the molecule is COC(=O)C1CCN(CCC(C)(C)O)CC1. The van der Waals surface area contributed by atoms with Crippen molar-refractivity contribution in [3.05, 3.63) is 0 Å². The van der Waals surface area contributed by atoms with Crippen molar-refractivity contribution in [1.82, 2.24) is 4.90 Å². The summed E-state index contributed by atoms with van der Waals surface area (Å²) in [6.45, 7) is 6.41. The Morgan fingerprint density at radius 3 is 2.44 bits per heavy atom. The van der Waals surface area contributed by atoms with E-state index in [-0.39, 0.29) is 11.9 Å². The maximum absolute atomic E-state index is 11.3. The number of aliphatic hydroxyl groups is 1. The quantitative estimate of drug-likeness (QED) is 0.732. The number of carbonyl (C=O) groups excluding carboxylic acids is 1. The Hall–Kier alpha value is -0.610. The minimum absolute atomic E-state index is 0.0726. The monoisotopic (exact) mass is 229 g/mol. The minimum Gasteiger partial charge on any atom is -0.469 e. The molecule has 4 nitrogen and oxygen atoms in total. The second-order valence-electron chi connectivity index (χ2n) is 5.20. The molecule has 94 valence electrons. The molecule has 0 aliphatic carbocycles. The summed E-state index contributed by atoms with van der Waals surface area (Å²) in [6, 6.07) is 0. The van der Waals surface area contributed by atoms with Crippen molar-refractivity contribution in [3.8, 4) is 0 Å². The van der Waals surface area contributed by atoms with Crippen LogP contribution >= 0.6 is 0 Å². The first-order valence-electron chi connectivity index (χ1n) is 5.95. The maximum Gasteiger partial charge on any atom is 0.308 e. The Bertz CT molecular complexity index is 227. The molecule has 0 spiro atoms. The molecule has 0 radical (unpaired) electrons. The van der Waals surface area contributed by atoms with Crippen LogP contribution in [0.3, 0.4) is 0 Å². The topological polar surface area (TPSA) is 49.8 Å². The molecule has 1 rings (SSSR count). The van der Waals surface area contributed by atoms with Crippen molar-refractivity contribution in [2.75, 3.05) is 26.7 Å². The van der Waals surface area contributed by atoms with Crippen LogP contribution in [0, 0.1) is 5.92 Å². The zero-order valence-electron chi connectivity index (χ0n) is 10.5. The smallest absolute Gasteiger partial charge is 0.308 e. The lowest BCUT2D eigenvalue weighted by molar-refractivity contribution is -0.147. The second kappa shape index (κ2) is 5.64. The first kappa shape index (κ1) is 13.5. The van der Waals surface area contributed by atoms with E-state index in [4.69, 9.17) is 4.74 Å². The van der Waals surface area contributed by atoms with Gasteiger partial charge >= 0.3 is 5.97 Å². The fraction of sp³-hybridized carbons (Fsp3) is 0.917. The number of ether oxygens (including phenoxy) is 1. The fourth-order valence-electron chi connectivity index (χ4n) is 1.99. The average Bonchev–Trinajstić information content (AvgIpc) is 2.25. The Labute approximate surface area is 97.6 Å². The Balaban J connectivity index is 2.24. The number of hydrogen-bond donors (Lipinski definition) is 1. The fourth-order valence-corrected chi connectivity index (χ4v) is 1.99. The largest absolute Gasteiger partial charge is 0.469 e. The molecule has 1 heterocycles. The molecule has 0 amide bonds. The highest BCUT2D eigenvalue weighted by Crippen LogP contribution is 2.19. The van der Waals surface area contributed by atoms with Gasteiger partial charge in [0, 0.05) is 6.54 Å². The van der Waals surface area contributed by atoms with Crippen molar-refractivity contribution >= 4 is 5.97 Å². The van der Waals surface area contributed by atoms with E-state index in [1.807, 2.05) is 13.8 Å². The van der Waals surface area contributed by atoms with Gasteiger partial charge in [0.25, 0.3) is 0 Å². The molecule has 1 N–H and O–H groups in total. The second-order valence-corrected chi connectivity index (χ2v) is 5.20. The molecule has 1 saturated heterocycles. The molecule has 0 unspecified atom stereocenters. The molecule has 1 fully saturated rings. The van der Waals surface area contributed by atoms with Crippen LogP contribution in [0.5, 0.6) is 0 Å². The molecule has 0 bridgehead atoms. The zero-order chi connectivity index (χ0) is 12.2. The number of hydrogen-bond acceptors (Lipinski definition) is 4. The molecule has 0 aromatic rings. The van der Waals surface area contributed by atoms with Crippen LogP contribution in [0.1, 0.15) is 33.1 Å². The molecular formula is C12H23NO3. The third-order valence-electron chi connectivity index (χ3n) is 3.16. The number of nitrogens with zero attached hydrogens (tertiary/aromatic N) is 1. The number of esters is 1. The lowest BCUT2D eigenvalue weighted by atomic mass is 9.96. The van der Waals surface area contributed by atoms with Crippen molar-refractivity contribution < 1.29 is 14.6 Å². The van der Waals surface area contributed by atoms with Gasteiger partial charge in [-0.25, -0.2) is 0 Å². The predicted octanol–water partition coefficient (Wildman–Crippen LogP) is 1.03. The average molecular weight is 229 g/mol. The standard InChI is InChI=1S/C12H23NO3/c1-12(2,15)6-9-13-7-4-10(5-8-13)11(14)16-3/h10,15H,4-9H2,1-3H3. The molecule has 1 aliphatic heterocycles. The van der Waals surface area contributed by atoms with Crippen LogP contribution in [0.25, 0.3) is 0 Å². The van der Waals surface area contributed by atoms with E-state index in [0.29, 0.717) is 0 Å². The molecule has 0 aromatic heterocycles. The lowest BCUT2D eigenvalue weighted by Crippen LogP contribution is -2.39. The molecule has 16 heavy (non-hydrogen) atoms. The van der Waals surface area contributed by atoms with Gasteiger partial charge in [-0.2, -0.15) is 0 Å². The normalized spacial score (nSPS) is 19.8. The van der Waals surface area contributed by atoms with E-state index < -0.39 is 5.60 Å². The Morgan fingerprint density at radius 1 is 1.44 bits per heavy atom. The molecule has 0 atom stereocenters. The maximum atomic E-state index is 11.3. The van der Waals surface area contributed by atoms with Crippen LogP contribution in [0.2, 0.25) is 0 Å². The van der Waals surface area contributed by atoms with E-state index >= 15 is 0 Å². The molecule has 4 heteroatoms. The van der Waals surface area contributed by atoms with Crippen molar-refractivity contribution in [2.45, 2.75) is 38.7 Å². The van der Waals surface area contributed by atoms with Gasteiger partial charge in [0.2, 0.25) is 0 Å². The molecule has 0 saturated carbocycles. The highest BCUT2D eigenvalue weighted by Gasteiger charge is 2.26. The van der Waals surface area contributed by atoms with Crippen LogP contribution in [0.4, 0.5) is 0 Å². The number of likely N-dealkylation sites (tertiary alicyclic amines) is 1. The zero-order valence-corrected chi connectivity index (χ0v) is 10.5. The molecule has 1 aliphatic rings. The summed E-state index contributed by atoms with van der Waals surface area (Å²) in [4.78, 5) is 13.6. The van der Waals surface area contributed by atoms with Gasteiger partial charge in [0.05, 0.1) is 18.6 Å². The number of carbonyl (C=O) groups is 1. The van der Waals surface area contributed by atoms with Crippen molar-refractivity contribution in [2.24, 2.45) is 5.92 Å². The Kier molecular flexibility index (Phi) is 4.74. The predicted molar refractivity (Wildman–Crippen MR) is 62.1 cm³/mol. The molecular weight excluding hydrogens is 206 g/mol. The van der Waals surface area contributed by atoms with Gasteiger partial charge in [-0.05, 0) is 46.2 Å². The highest BCUT2D eigenvalue weighted by atomic mass is 16.5. The van der Waals surface area contributed by atoms with Gasteiger partial charge in [-0.1, -0.05) is 0 Å². The summed E-state index contributed by atoms with van der Waals surface area (Å²) in [6.07, 6.45) is 2.52. The number of piperidine rings is 1. The van der Waals surface area contributed by atoms with E-state index in [9.17, 15) is 9.90 Å². The van der Waals surface area contributed by atoms with Gasteiger partial charge in [0.1, 0.15) is 0 Å². The van der Waals surface area contributed by atoms with Crippen molar-refractivity contribution in [1.29, 1.82) is 0 Å². The summed E-state index contributed by atoms with van der Waals surface area (Å²) >= 11 is 0. The highest BCUT2D eigenvalue weighted by molar-refractivity contribution is 5.72. The summed E-state index contributed by atoms with van der Waals surface area (Å²) in [5.74, 6) is -0.00877. The summed E-state index contributed by atoms with van der Waals surface area (Å²) in [5.41, 5.74) is -0.598. The van der Waals surface area contributed by atoms with E-state index in [1.54, 1.807) is 0 Å². The van der Waals surface area contributed by atoms with Crippen LogP contribution in [-0.4, -0.2) is 48.3 Å². The third kappa shape index (κ3) is 4.49. The minimum atomic E-state index is -0.598. The van der Waals surface area contributed by atoms with Gasteiger partial charge in [-0.15, -0.1) is 0 Å². The third-order valence-corrected chi connectivity index (χ3v) is 3.16. The van der Waals surface area contributed by atoms with E-state index in [2.05, 4.69) is 4.90 Å². The van der Waals surface area contributed by atoms with Crippen LogP contribution in [-0.2, 0) is 9.53 Å². The molecule has 0 aromatic carbocycles. The lowest BCUT2D eigenvalue weighted by Gasteiger charge is -2.32. The first-order valence-corrected chi connectivity index (χ1v) is 5.95. The van der Waals surface area contributed by atoms with E-state index in [1.165, 1.54) is 7.11 Å². The number of rotatable bonds is 4.